The van der Waals surface area contributed by atoms with Crippen molar-refractivity contribution in [2.75, 3.05) is 34.4 Å². The second-order valence-corrected chi connectivity index (χ2v) is 8.78. The van der Waals surface area contributed by atoms with Gasteiger partial charge in [-0.3, -0.25) is 14.9 Å². The van der Waals surface area contributed by atoms with Crippen LogP contribution in [0.15, 0.2) is 44.0 Å². The van der Waals surface area contributed by atoms with Crippen molar-refractivity contribution in [1.29, 1.82) is 0 Å². The second kappa shape index (κ2) is 9.12. The van der Waals surface area contributed by atoms with Crippen LogP contribution in [-0.2, 0) is 0 Å². The van der Waals surface area contributed by atoms with Crippen LogP contribution in [0.25, 0.3) is 22.3 Å². The second-order valence-electron chi connectivity index (χ2n) is 7.92. The highest BCUT2D eigenvalue weighted by Crippen LogP contribution is 2.45. The van der Waals surface area contributed by atoms with Crippen LogP contribution >= 0.6 is 15.9 Å². The van der Waals surface area contributed by atoms with Crippen molar-refractivity contribution in [3.05, 3.63) is 60.7 Å². The molecule has 174 valence electrons. The van der Waals surface area contributed by atoms with Crippen LogP contribution < -0.4 is 14.9 Å². The van der Waals surface area contributed by atoms with Gasteiger partial charge in [-0.2, -0.15) is 0 Å². The lowest BCUT2D eigenvalue weighted by atomic mass is 9.89. The van der Waals surface area contributed by atoms with Gasteiger partial charge < -0.3 is 23.9 Å². The van der Waals surface area contributed by atoms with E-state index in [9.17, 15) is 20.0 Å². The number of benzene rings is 2. The third-order valence-corrected chi connectivity index (χ3v) is 6.87. The van der Waals surface area contributed by atoms with E-state index in [0.717, 1.165) is 13.0 Å². The molecule has 33 heavy (non-hydrogen) atoms. The number of aliphatic hydroxyl groups is 1. The maximum atomic E-state index is 13.3. The zero-order valence-electron chi connectivity index (χ0n) is 18.3. The van der Waals surface area contributed by atoms with Crippen molar-refractivity contribution in [3.63, 3.8) is 0 Å². The minimum atomic E-state index is -0.495. The number of nitro groups is 1. The summed E-state index contributed by atoms with van der Waals surface area (Å²) in [6.07, 6.45) is 0.745. The maximum absolute atomic E-state index is 13.3. The number of hydrogen-bond acceptors (Lipinski definition) is 8. The molecule has 4 rings (SSSR count). The summed E-state index contributed by atoms with van der Waals surface area (Å²) in [5.41, 5.74) is 1.10. The van der Waals surface area contributed by atoms with Crippen LogP contribution in [0.3, 0.4) is 0 Å². The van der Waals surface area contributed by atoms with Crippen LogP contribution in [-0.4, -0.2) is 55.4 Å². The quantitative estimate of drug-likeness (QED) is 0.385. The number of hydrogen-bond donors (Lipinski definition) is 1. The molecule has 0 radical (unpaired) electrons. The molecule has 10 heteroatoms. The van der Waals surface area contributed by atoms with Gasteiger partial charge in [-0.25, -0.2) is 0 Å². The Bertz CT molecular complexity index is 1290. The molecule has 1 N–H and O–H groups in total. The van der Waals surface area contributed by atoms with Gasteiger partial charge in [-0.1, -0.05) is 0 Å². The Labute approximate surface area is 197 Å². The summed E-state index contributed by atoms with van der Waals surface area (Å²) < 4.78 is 17.9. The molecule has 0 amide bonds. The lowest BCUT2D eigenvalue weighted by Gasteiger charge is -2.25. The van der Waals surface area contributed by atoms with Gasteiger partial charge in [0.1, 0.15) is 28.2 Å². The number of methoxy groups -OCH3 is 2. The average molecular weight is 519 g/mol. The fourth-order valence-corrected chi connectivity index (χ4v) is 5.10. The average Bonchev–Trinajstić information content (AvgIpc) is 3.17. The molecule has 1 aliphatic heterocycles. The number of halogens is 1. The van der Waals surface area contributed by atoms with Crippen molar-refractivity contribution in [1.82, 2.24) is 4.90 Å². The highest BCUT2D eigenvalue weighted by Gasteiger charge is 2.37. The van der Waals surface area contributed by atoms with Gasteiger partial charge in [0, 0.05) is 51.8 Å². The molecule has 2 atom stereocenters. The Morgan fingerprint density at radius 1 is 1.24 bits per heavy atom. The number of aliphatic hydroxyl groups excluding tert-OH is 1. The molecule has 1 aromatic heterocycles. The van der Waals surface area contributed by atoms with Gasteiger partial charge in [0.05, 0.1) is 25.7 Å². The number of fused-ring (bicyclic) bond motifs is 1. The van der Waals surface area contributed by atoms with Crippen molar-refractivity contribution >= 4 is 32.6 Å². The summed E-state index contributed by atoms with van der Waals surface area (Å²) in [5.74, 6) is 0.932. The van der Waals surface area contributed by atoms with E-state index >= 15 is 0 Å². The van der Waals surface area contributed by atoms with E-state index in [-0.39, 0.29) is 40.8 Å². The Hall–Kier alpha value is -2.95. The first-order valence-electron chi connectivity index (χ1n) is 10.3. The van der Waals surface area contributed by atoms with Crippen molar-refractivity contribution in [2.45, 2.75) is 18.4 Å². The SMILES string of the molecule is COc1cc(OC)c2c(=O)cc(-c3ccc([N+](=O)[O-])cc3Br)oc2c1[C@@H]1CCN(C)[C@H]1CO. The zero-order valence-corrected chi connectivity index (χ0v) is 19.9. The van der Waals surface area contributed by atoms with Crippen molar-refractivity contribution < 1.29 is 23.9 Å². The van der Waals surface area contributed by atoms with E-state index in [1.165, 1.54) is 38.5 Å². The molecule has 0 unspecified atom stereocenters. The lowest BCUT2D eigenvalue weighted by molar-refractivity contribution is -0.384. The highest BCUT2D eigenvalue weighted by molar-refractivity contribution is 9.10. The van der Waals surface area contributed by atoms with Crippen molar-refractivity contribution in [3.8, 4) is 22.8 Å². The van der Waals surface area contributed by atoms with Crippen LogP contribution in [0.1, 0.15) is 17.9 Å². The maximum Gasteiger partial charge on any atom is 0.270 e. The van der Waals surface area contributed by atoms with Gasteiger partial charge >= 0.3 is 0 Å². The smallest absolute Gasteiger partial charge is 0.270 e. The van der Waals surface area contributed by atoms with E-state index in [2.05, 4.69) is 20.8 Å². The van der Waals surface area contributed by atoms with Gasteiger partial charge in [-0.15, -0.1) is 0 Å². The van der Waals surface area contributed by atoms with Crippen LogP contribution in [0.5, 0.6) is 11.5 Å². The summed E-state index contributed by atoms with van der Waals surface area (Å²) in [6, 6.07) is 7.09. The summed E-state index contributed by atoms with van der Waals surface area (Å²) >= 11 is 3.35. The van der Waals surface area contributed by atoms with E-state index in [1.54, 1.807) is 6.07 Å². The first-order chi connectivity index (χ1) is 15.8. The number of likely N-dealkylation sites (N-methyl/N-ethyl adjacent to an activating group) is 1. The van der Waals surface area contributed by atoms with E-state index < -0.39 is 4.92 Å². The largest absolute Gasteiger partial charge is 0.496 e. The van der Waals surface area contributed by atoms with Crippen LogP contribution in [0.4, 0.5) is 5.69 Å². The molecule has 1 aliphatic rings. The van der Waals surface area contributed by atoms with Gasteiger partial charge in [0.25, 0.3) is 5.69 Å². The summed E-state index contributed by atoms with van der Waals surface area (Å²) in [6.45, 7) is 0.708. The normalized spacial score (nSPS) is 18.6. The Morgan fingerprint density at radius 3 is 2.58 bits per heavy atom. The Balaban J connectivity index is 2.03. The predicted molar refractivity (Wildman–Crippen MR) is 126 cm³/mol. The number of nitrogens with zero attached hydrogens (tertiary/aromatic N) is 2. The lowest BCUT2D eigenvalue weighted by Crippen LogP contribution is -2.32. The Morgan fingerprint density at radius 2 is 1.97 bits per heavy atom. The minimum absolute atomic E-state index is 0.0599. The molecule has 0 saturated carbocycles. The monoisotopic (exact) mass is 518 g/mol. The highest BCUT2D eigenvalue weighted by atomic mass is 79.9. The van der Waals surface area contributed by atoms with E-state index in [1.807, 2.05) is 7.05 Å². The van der Waals surface area contributed by atoms with Gasteiger partial charge in [-0.05, 0) is 42.0 Å². The number of likely N-dealkylation sites (tertiary alicyclic amines) is 1. The third kappa shape index (κ3) is 3.98. The first kappa shape index (κ1) is 23.2. The number of rotatable bonds is 6. The summed E-state index contributed by atoms with van der Waals surface area (Å²) in [5, 5.41) is 21.4. The van der Waals surface area contributed by atoms with Crippen LogP contribution in [0, 0.1) is 10.1 Å². The molecule has 1 saturated heterocycles. The fraction of sp³-hybridized carbons (Fsp3) is 0.348. The zero-order chi connectivity index (χ0) is 23.9. The molecule has 2 heterocycles. The van der Waals surface area contributed by atoms with E-state index in [0.29, 0.717) is 32.7 Å². The molecule has 9 nitrogen and oxygen atoms in total. The molecule has 1 fully saturated rings. The molecular weight excluding hydrogens is 496 g/mol. The Kier molecular flexibility index (Phi) is 6.42. The molecule has 0 aliphatic carbocycles. The summed E-state index contributed by atoms with van der Waals surface area (Å²) in [4.78, 5) is 25.9. The number of ether oxygens (including phenoxy) is 2. The van der Waals surface area contributed by atoms with Crippen LogP contribution in [0.2, 0.25) is 0 Å². The molecule has 3 aromatic rings. The molecule has 0 spiro atoms. The number of non-ortho nitro benzene ring substituents is 1. The van der Waals surface area contributed by atoms with E-state index in [4.69, 9.17) is 13.9 Å². The van der Waals surface area contributed by atoms with Gasteiger partial charge in [0.15, 0.2) is 5.43 Å². The molecule has 0 bridgehead atoms. The minimum Gasteiger partial charge on any atom is -0.496 e. The van der Waals surface area contributed by atoms with Gasteiger partial charge in [0.2, 0.25) is 0 Å². The first-order valence-corrected chi connectivity index (χ1v) is 11.1. The molecule has 2 aromatic carbocycles. The predicted octanol–water partition coefficient (Wildman–Crippen LogP) is 3.93. The topological polar surface area (TPSA) is 115 Å². The third-order valence-electron chi connectivity index (χ3n) is 6.22. The van der Waals surface area contributed by atoms with Crippen molar-refractivity contribution in [2.24, 2.45) is 0 Å². The molecular formula is C23H23BrN2O7. The summed E-state index contributed by atoms with van der Waals surface area (Å²) in [7, 11) is 4.94. The standard InChI is InChI=1S/C23H23BrN2O7/c1-25-7-6-14(16(25)11-27)21-19(31-2)10-20(32-3)22-17(28)9-18(33-23(21)22)13-5-4-12(26(29)30)8-15(13)24/h4-5,8-10,14,16,27H,6-7,11H2,1-3H3/t14-,16+/m1/s1. The fourth-order valence-electron chi connectivity index (χ4n) is 4.54. The number of nitro benzene ring substituents is 1.